The molecular formula is C20H17F3N2O. The first-order chi connectivity index (χ1) is 12.1. The molecule has 0 heterocycles. The van der Waals surface area contributed by atoms with Crippen molar-refractivity contribution in [3.05, 3.63) is 69.8 Å². The Labute approximate surface area is 149 Å². The summed E-state index contributed by atoms with van der Waals surface area (Å²) in [4.78, 5) is 12.4. The van der Waals surface area contributed by atoms with Crippen molar-refractivity contribution in [2.24, 2.45) is 0 Å². The molecule has 0 unspecified atom stereocenters. The molecule has 0 radical (unpaired) electrons. The van der Waals surface area contributed by atoms with Gasteiger partial charge in [-0.2, -0.15) is 18.4 Å². The van der Waals surface area contributed by atoms with Crippen LogP contribution in [0.1, 0.15) is 27.8 Å². The molecule has 0 aliphatic carbocycles. The molecule has 0 aromatic heterocycles. The summed E-state index contributed by atoms with van der Waals surface area (Å²) in [5.74, 6) is -0.609. The van der Waals surface area contributed by atoms with Gasteiger partial charge in [-0.25, -0.2) is 0 Å². The summed E-state index contributed by atoms with van der Waals surface area (Å²) in [6.45, 7) is 5.64. The molecule has 3 nitrogen and oxygen atoms in total. The summed E-state index contributed by atoms with van der Waals surface area (Å²) in [5, 5.41) is 11.9. The predicted octanol–water partition coefficient (Wildman–Crippen LogP) is 5.18. The highest BCUT2D eigenvalue weighted by Crippen LogP contribution is 2.29. The van der Waals surface area contributed by atoms with Crippen molar-refractivity contribution in [1.29, 1.82) is 5.26 Å². The van der Waals surface area contributed by atoms with E-state index < -0.39 is 17.6 Å². The molecule has 0 saturated heterocycles. The number of amides is 1. The molecule has 6 heteroatoms. The van der Waals surface area contributed by atoms with Crippen molar-refractivity contribution >= 4 is 17.7 Å². The van der Waals surface area contributed by atoms with Crippen LogP contribution in [0.15, 0.2) is 42.0 Å². The second-order valence-corrected chi connectivity index (χ2v) is 6.02. The van der Waals surface area contributed by atoms with Crippen LogP contribution in [0, 0.1) is 32.1 Å². The van der Waals surface area contributed by atoms with Crippen molar-refractivity contribution < 1.29 is 18.0 Å². The van der Waals surface area contributed by atoms with E-state index in [1.54, 1.807) is 6.07 Å². The third-order valence-corrected chi connectivity index (χ3v) is 3.83. The van der Waals surface area contributed by atoms with E-state index in [1.165, 1.54) is 18.2 Å². The molecule has 26 heavy (non-hydrogen) atoms. The Morgan fingerprint density at radius 3 is 2.08 bits per heavy atom. The number of rotatable bonds is 3. The first kappa shape index (κ1) is 19.3. The smallest absolute Gasteiger partial charge is 0.321 e. The Balaban J connectivity index is 2.27. The zero-order valence-electron chi connectivity index (χ0n) is 14.5. The number of nitrogens with one attached hydrogen (secondary N) is 1. The molecule has 0 aliphatic heterocycles. The van der Waals surface area contributed by atoms with Gasteiger partial charge < -0.3 is 5.32 Å². The summed E-state index contributed by atoms with van der Waals surface area (Å²) in [6.07, 6.45) is -3.17. The maximum absolute atomic E-state index is 12.6. The van der Waals surface area contributed by atoms with Gasteiger partial charge in [0.1, 0.15) is 11.6 Å². The number of halogens is 3. The highest BCUT2D eigenvalue weighted by Gasteiger charge is 2.29. The molecular weight excluding hydrogens is 341 g/mol. The Hall–Kier alpha value is -3.07. The summed E-state index contributed by atoms with van der Waals surface area (Å²) in [5.41, 5.74) is 2.76. The van der Waals surface area contributed by atoms with Crippen LogP contribution < -0.4 is 5.32 Å². The normalized spacial score (nSPS) is 11.8. The number of hydrogen-bond donors (Lipinski definition) is 1. The monoisotopic (exact) mass is 358 g/mol. The topological polar surface area (TPSA) is 52.9 Å². The Morgan fingerprint density at radius 2 is 1.62 bits per heavy atom. The molecule has 2 rings (SSSR count). The minimum absolute atomic E-state index is 0.191. The Kier molecular flexibility index (Phi) is 5.51. The van der Waals surface area contributed by atoms with Crippen LogP contribution in [-0.4, -0.2) is 5.91 Å². The van der Waals surface area contributed by atoms with Crippen molar-refractivity contribution in [3.63, 3.8) is 0 Å². The number of aryl methyl sites for hydroxylation is 3. The van der Waals surface area contributed by atoms with E-state index in [0.29, 0.717) is 11.3 Å². The lowest BCUT2D eigenvalue weighted by atomic mass is 10.0. The SMILES string of the molecule is Cc1cc(C)c(NC(=O)/C(C#N)=C/c2ccc(C(F)(F)F)cc2)c(C)c1. The Bertz CT molecular complexity index is 881. The molecule has 0 saturated carbocycles. The molecule has 1 N–H and O–H groups in total. The van der Waals surface area contributed by atoms with Crippen molar-refractivity contribution in [2.45, 2.75) is 26.9 Å². The molecule has 0 atom stereocenters. The fraction of sp³-hybridized carbons (Fsp3) is 0.200. The fourth-order valence-corrected chi connectivity index (χ4v) is 2.64. The number of alkyl halides is 3. The van der Waals surface area contributed by atoms with Crippen LogP contribution >= 0.6 is 0 Å². The number of anilines is 1. The molecule has 134 valence electrons. The van der Waals surface area contributed by atoms with Gasteiger partial charge in [-0.15, -0.1) is 0 Å². The van der Waals surface area contributed by atoms with Gasteiger partial charge >= 0.3 is 6.18 Å². The molecule has 2 aromatic carbocycles. The van der Waals surface area contributed by atoms with Gasteiger partial charge in [0.25, 0.3) is 5.91 Å². The predicted molar refractivity (Wildman–Crippen MR) is 94.3 cm³/mol. The van der Waals surface area contributed by atoms with E-state index >= 15 is 0 Å². The van der Waals surface area contributed by atoms with Gasteiger partial charge in [0, 0.05) is 5.69 Å². The van der Waals surface area contributed by atoms with Crippen LogP contribution in [-0.2, 0) is 11.0 Å². The second-order valence-electron chi connectivity index (χ2n) is 6.02. The van der Waals surface area contributed by atoms with Crippen molar-refractivity contribution in [1.82, 2.24) is 0 Å². The third kappa shape index (κ3) is 4.51. The minimum Gasteiger partial charge on any atom is -0.321 e. The summed E-state index contributed by atoms with van der Waals surface area (Å²) in [6, 6.07) is 9.87. The minimum atomic E-state index is -4.43. The van der Waals surface area contributed by atoms with Gasteiger partial charge in [0.2, 0.25) is 0 Å². The highest BCUT2D eigenvalue weighted by molar-refractivity contribution is 6.10. The summed E-state index contributed by atoms with van der Waals surface area (Å²) >= 11 is 0. The van der Waals surface area contributed by atoms with Gasteiger partial charge in [0.05, 0.1) is 5.56 Å². The number of nitrogens with zero attached hydrogens (tertiary/aromatic N) is 1. The van der Waals surface area contributed by atoms with E-state index in [-0.39, 0.29) is 5.57 Å². The van der Waals surface area contributed by atoms with Crippen molar-refractivity contribution in [3.8, 4) is 6.07 Å². The van der Waals surface area contributed by atoms with Crippen LogP contribution in [0.5, 0.6) is 0 Å². The van der Waals surface area contributed by atoms with E-state index in [2.05, 4.69) is 5.32 Å². The van der Waals surface area contributed by atoms with Crippen LogP contribution in [0.2, 0.25) is 0 Å². The first-order valence-corrected chi connectivity index (χ1v) is 7.80. The van der Waals surface area contributed by atoms with Gasteiger partial charge in [-0.05, 0) is 55.7 Å². The van der Waals surface area contributed by atoms with E-state index in [4.69, 9.17) is 0 Å². The molecule has 2 aromatic rings. The molecule has 1 amide bonds. The van der Waals surface area contributed by atoms with Crippen molar-refractivity contribution in [2.75, 3.05) is 5.32 Å². The summed E-state index contributed by atoms with van der Waals surface area (Å²) in [7, 11) is 0. The number of hydrogen-bond acceptors (Lipinski definition) is 2. The third-order valence-electron chi connectivity index (χ3n) is 3.83. The van der Waals surface area contributed by atoms with Crippen LogP contribution in [0.3, 0.4) is 0 Å². The largest absolute Gasteiger partial charge is 0.416 e. The average Bonchev–Trinajstić information content (AvgIpc) is 2.55. The van der Waals surface area contributed by atoms with Gasteiger partial charge in [-0.1, -0.05) is 29.8 Å². The van der Waals surface area contributed by atoms with Gasteiger partial charge in [0.15, 0.2) is 0 Å². The fourth-order valence-electron chi connectivity index (χ4n) is 2.64. The zero-order chi connectivity index (χ0) is 19.5. The maximum atomic E-state index is 12.6. The molecule has 0 bridgehead atoms. The number of carbonyl (C=O) groups excluding carboxylic acids is 1. The zero-order valence-corrected chi connectivity index (χ0v) is 14.5. The molecule has 0 aliphatic rings. The van der Waals surface area contributed by atoms with Crippen LogP contribution in [0.25, 0.3) is 6.08 Å². The summed E-state index contributed by atoms with van der Waals surface area (Å²) < 4.78 is 37.8. The van der Waals surface area contributed by atoms with E-state index in [1.807, 2.05) is 32.9 Å². The molecule has 0 fully saturated rings. The van der Waals surface area contributed by atoms with E-state index in [9.17, 15) is 23.2 Å². The number of nitriles is 1. The highest BCUT2D eigenvalue weighted by atomic mass is 19.4. The van der Waals surface area contributed by atoms with E-state index in [0.717, 1.165) is 28.8 Å². The lowest BCUT2D eigenvalue weighted by molar-refractivity contribution is -0.137. The lowest BCUT2D eigenvalue weighted by Gasteiger charge is -2.12. The number of carbonyl (C=O) groups is 1. The quantitative estimate of drug-likeness (QED) is 0.607. The lowest BCUT2D eigenvalue weighted by Crippen LogP contribution is -2.15. The maximum Gasteiger partial charge on any atom is 0.416 e. The average molecular weight is 358 g/mol. The molecule has 0 spiro atoms. The second kappa shape index (κ2) is 7.44. The van der Waals surface area contributed by atoms with Gasteiger partial charge in [-0.3, -0.25) is 4.79 Å². The standard InChI is InChI=1S/C20H17F3N2O/c1-12-8-13(2)18(14(3)9-12)25-19(26)16(11-24)10-15-4-6-17(7-5-15)20(21,22)23/h4-10H,1-3H3,(H,25,26)/b16-10+. The number of benzene rings is 2. The van der Waals surface area contributed by atoms with Crippen LogP contribution in [0.4, 0.5) is 18.9 Å². The first-order valence-electron chi connectivity index (χ1n) is 7.80. The Morgan fingerprint density at radius 1 is 1.08 bits per heavy atom.